The molecule has 1 fully saturated rings. The number of carbonyl (C=O) groups is 1. The number of rotatable bonds is 4. The van der Waals surface area contributed by atoms with Crippen molar-refractivity contribution in [3.63, 3.8) is 0 Å². The Kier molecular flexibility index (Phi) is 5.11. The minimum absolute atomic E-state index is 0.0896. The van der Waals surface area contributed by atoms with E-state index in [1.807, 2.05) is 6.92 Å². The van der Waals surface area contributed by atoms with Gasteiger partial charge in [0.05, 0.1) is 13.3 Å². The molecular weight excluding hydrogens is 260 g/mol. The van der Waals surface area contributed by atoms with Gasteiger partial charge in [-0.3, -0.25) is 5.32 Å². The summed E-state index contributed by atoms with van der Waals surface area (Å²) in [6, 6.07) is -0.201. The fraction of sp³-hybridized carbons (Fsp3) is 0.615. The molecule has 0 aromatic carbocycles. The number of anilines is 1. The smallest absolute Gasteiger partial charge is 0.320 e. The molecule has 1 atom stereocenters. The van der Waals surface area contributed by atoms with Crippen molar-refractivity contribution in [3.8, 4) is 5.75 Å². The summed E-state index contributed by atoms with van der Waals surface area (Å²) in [5, 5.41) is 5.60. The van der Waals surface area contributed by atoms with Gasteiger partial charge >= 0.3 is 6.03 Å². The first-order chi connectivity index (χ1) is 9.70. The van der Waals surface area contributed by atoms with Crippen molar-refractivity contribution in [1.82, 2.24) is 15.3 Å². The normalized spacial score (nSPS) is 17.3. The standard InChI is InChI=1S/C13H20N4O3/c1-9(10-3-5-20-6-4-10)16-13(18)17-12-11(19-2)7-14-8-15-12/h7-10H,3-6H2,1-2H3,(H2,14,15,16,17,18)/t9-/m0/s1. The zero-order chi connectivity index (χ0) is 14.4. The average molecular weight is 280 g/mol. The Morgan fingerprint density at radius 1 is 1.50 bits per heavy atom. The molecule has 0 aliphatic carbocycles. The minimum atomic E-state index is -0.291. The van der Waals surface area contributed by atoms with Gasteiger partial charge in [0.15, 0.2) is 11.6 Å². The molecule has 1 aliphatic heterocycles. The molecule has 0 saturated carbocycles. The number of amides is 2. The SMILES string of the molecule is COc1cncnc1NC(=O)N[C@@H](C)C1CCOCC1. The van der Waals surface area contributed by atoms with Crippen molar-refractivity contribution < 1.29 is 14.3 Å². The highest BCUT2D eigenvalue weighted by Crippen LogP contribution is 2.20. The number of ether oxygens (including phenoxy) is 2. The number of methoxy groups -OCH3 is 1. The lowest BCUT2D eigenvalue weighted by Crippen LogP contribution is -2.42. The maximum atomic E-state index is 12.0. The molecule has 2 heterocycles. The summed E-state index contributed by atoms with van der Waals surface area (Å²) in [4.78, 5) is 19.8. The molecule has 1 saturated heterocycles. The van der Waals surface area contributed by atoms with Gasteiger partial charge in [-0.25, -0.2) is 14.8 Å². The molecule has 0 spiro atoms. The highest BCUT2D eigenvalue weighted by molar-refractivity contribution is 5.89. The third kappa shape index (κ3) is 3.80. The average Bonchev–Trinajstić information content (AvgIpc) is 2.48. The largest absolute Gasteiger partial charge is 0.491 e. The lowest BCUT2D eigenvalue weighted by molar-refractivity contribution is 0.0573. The lowest BCUT2D eigenvalue weighted by Gasteiger charge is -2.28. The van der Waals surface area contributed by atoms with Crippen molar-refractivity contribution in [2.45, 2.75) is 25.8 Å². The third-order valence-corrected chi connectivity index (χ3v) is 3.46. The number of aromatic nitrogens is 2. The minimum Gasteiger partial charge on any atom is -0.491 e. The molecule has 2 amide bonds. The predicted octanol–water partition coefficient (Wildman–Crippen LogP) is 1.42. The molecule has 1 aromatic heterocycles. The van der Waals surface area contributed by atoms with E-state index in [9.17, 15) is 4.79 Å². The third-order valence-electron chi connectivity index (χ3n) is 3.46. The van der Waals surface area contributed by atoms with Gasteiger partial charge in [0.25, 0.3) is 0 Å². The molecule has 0 unspecified atom stereocenters. The molecular formula is C13H20N4O3. The van der Waals surface area contributed by atoms with Crippen LogP contribution in [-0.2, 0) is 4.74 Å². The second-order valence-electron chi connectivity index (χ2n) is 4.78. The molecule has 0 radical (unpaired) electrons. The van der Waals surface area contributed by atoms with E-state index >= 15 is 0 Å². The Morgan fingerprint density at radius 2 is 2.25 bits per heavy atom. The van der Waals surface area contributed by atoms with Gasteiger partial charge in [-0.05, 0) is 25.7 Å². The van der Waals surface area contributed by atoms with Gasteiger partial charge in [0.1, 0.15) is 6.33 Å². The highest BCUT2D eigenvalue weighted by atomic mass is 16.5. The van der Waals surface area contributed by atoms with E-state index in [1.165, 1.54) is 19.6 Å². The second-order valence-corrected chi connectivity index (χ2v) is 4.78. The summed E-state index contributed by atoms with van der Waals surface area (Å²) in [6.07, 6.45) is 4.81. The van der Waals surface area contributed by atoms with Crippen LogP contribution in [0.1, 0.15) is 19.8 Å². The molecule has 20 heavy (non-hydrogen) atoms. The first-order valence-corrected chi connectivity index (χ1v) is 6.70. The summed E-state index contributed by atoms with van der Waals surface area (Å²) in [5.74, 6) is 1.24. The van der Waals surface area contributed by atoms with Crippen LogP contribution in [0, 0.1) is 5.92 Å². The highest BCUT2D eigenvalue weighted by Gasteiger charge is 2.22. The molecule has 1 aromatic rings. The van der Waals surface area contributed by atoms with Gasteiger partial charge in [0, 0.05) is 19.3 Å². The zero-order valence-corrected chi connectivity index (χ0v) is 11.8. The van der Waals surface area contributed by atoms with E-state index in [0.29, 0.717) is 17.5 Å². The number of nitrogens with zero attached hydrogens (tertiary/aromatic N) is 2. The van der Waals surface area contributed by atoms with Crippen LogP contribution in [0.2, 0.25) is 0 Å². The maximum Gasteiger partial charge on any atom is 0.320 e. The molecule has 7 nitrogen and oxygen atoms in total. The topological polar surface area (TPSA) is 85.4 Å². The van der Waals surface area contributed by atoms with E-state index in [0.717, 1.165) is 26.1 Å². The van der Waals surface area contributed by atoms with Gasteiger partial charge in [-0.2, -0.15) is 0 Å². The Balaban J connectivity index is 1.88. The van der Waals surface area contributed by atoms with Crippen LogP contribution in [0.4, 0.5) is 10.6 Å². The van der Waals surface area contributed by atoms with Gasteiger partial charge in [-0.15, -0.1) is 0 Å². The van der Waals surface area contributed by atoms with Crippen LogP contribution in [0.25, 0.3) is 0 Å². The second kappa shape index (κ2) is 7.04. The Labute approximate surface area is 118 Å². The van der Waals surface area contributed by atoms with Crippen LogP contribution < -0.4 is 15.4 Å². The van der Waals surface area contributed by atoms with Crippen molar-refractivity contribution in [1.29, 1.82) is 0 Å². The summed E-state index contributed by atoms with van der Waals surface area (Å²) < 4.78 is 10.4. The van der Waals surface area contributed by atoms with Crippen LogP contribution in [0.3, 0.4) is 0 Å². The predicted molar refractivity (Wildman–Crippen MR) is 73.7 cm³/mol. The van der Waals surface area contributed by atoms with Gasteiger partial charge in [-0.1, -0.05) is 0 Å². The summed E-state index contributed by atoms with van der Waals surface area (Å²) >= 11 is 0. The number of nitrogens with one attached hydrogen (secondary N) is 2. The lowest BCUT2D eigenvalue weighted by atomic mass is 9.93. The van der Waals surface area contributed by atoms with Crippen LogP contribution in [0.5, 0.6) is 5.75 Å². The van der Waals surface area contributed by atoms with Gasteiger partial charge in [0.2, 0.25) is 0 Å². The Bertz CT molecular complexity index is 449. The van der Waals surface area contributed by atoms with E-state index < -0.39 is 0 Å². The number of hydrogen-bond acceptors (Lipinski definition) is 5. The fourth-order valence-electron chi connectivity index (χ4n) is 2.24. The van der Waals surface area contributed by atoms with Crippen LogP contribution >= 0.6 is 0 Å². The summed E-state index contributed by atoms with van der Waals surface area (Å²) in [5.41, 5.74) is 0. The number of hydrogen-bond donors (Lipinski definition) is 2. The quantitative estimate of drug-likeness (QED) is 0.871. The van der Waals surface area contributed by atoms with Crippen LogP contribution in [-0.4, -0.2) is 42.4 Å². The maximum absolute atomic E-state index is 12.0. The monoisotopic (exact) mass is 280 g/mol. The zero-order valence-electron chi connectivity index (χ0n) is 11.8. The molecule has 7 heteroatoms. The summed E-state index contributed by atoms with van der Waals surface area (Å²) in [7, 11) is 1.51. The molecule has 2 rings (SSSR count). The number of urea groups is 1. The van der Waals surface area contributed by atoms with E-state index in [-0.39, 0.29) is 12.1 Å². The summed E-state index contributed by atoms with van der Waals surface area (Å²) in [6.45, 7) is 3.53. The first kappa shape index (κ1) is 14.5. The molecule has 110 valence electrons. The fourth-order valence-corrected chi connectivity index (χ4v) is 2.24. The Morgan fingerprint density at radius 3 is 2.95 bits per heavy atom. The van der Waals surface area contributed by atoms with Crippen LogP contribution in [0.15, 0.2) is 12.5 Å². The van der Waals surface area contributed by atoms with E-state index in [2.05, 4.69) is 20.6 Å². The molecule has 2 N–H and O–H groups in total. The number of carbonyl (C=O) groups excluding carboxylic acids is 1. The van der Waals surface area contributed by atoms with E-state index in [4.69, 9.17) is 9.47 Å². The first-order valence-electron chi connectivity index (χ1n) is 6.70. The van der Waals surface area contributed by atoms with E-state index in [1.54, 1.807) is 0 Å². The van der Waals surface area contributed by atoms with Crippen molar-refractivity contribution in [2.75, 3.05) is 25.6 Å². The molecule has 0 bridgehead atoms. The Hall–Kier alpha value is -1.89. The van der Waals surface area contributed by atoms with Crippen molar-refractivity contribution >= 4 is 11.8 Å². The van der Waals surface area contributed by atoms with Crippen molar-refractivity contribution in [3.05, 3.63) is 12.5 Å². The van der Waals surface area contributed by atoms with Gasteiger partial charge < -0.3 is 14.8 Å². The molecule has 1 aliphatic rings. The van der Waals surface area contributed by atoms with Crippen molar-refractivity contribution in [2.24, 2.45) is 5.92 Å².